The van der Waals surface area contributed by atoms with E-state index in [2.05, 4.69) is 0 Å². The number of hydrogen-bond acceptors (Lipinski definition) is 1. The van der Waals surface area contributed by atoms with Crippen molar-refractivity contribution in [3.8, 4) is 0 Å². The monoisotopic (exact) mass is 882 g/mol. The van der Waals surface area contributed by atoms with Crippen LogP contribution < -0.4 is 0 Å². The fourth-order valence-corrected chi connectivity index (χ4v) is 2.78. The Hall–Kier alpha value is -3.55. The third kappa shape index (κ3) is 6.72. The van der Waals surface area contributed by atoms with Crippen LogP contribution in [0.25, 0.3) is 0 Å². The highest BCUT2D eigenvalue weighted by atomic mass is 19.4. The van der Waals surface area contributed by atoms with E-state index in [1.165, 1.54) is 0 Å². The summed E-state index contributed by atoms with van der Waals surface area (Å²) in [4.78, 5) is 9.99. The Morgan fingerprint density at radius 3 is 0.944 bits per heavy atom. The van der Waals surface area contributed by atoms with E-state index in [0.29, 0.717) is 0 Å². The molecule has 0 saturated carbocycles. The average molecular weight is 882 g/mol. The zero-order chi connectivity index (χ0) is 44.6. The van der Waals surface area contributed by atoms with Gasteiger partial charge in [0.15, 0.2) is 17.5 Å². The number of carboxylic acid groups (broad SMARTS) is 1. The molecule has 0 rings (SSSR count). The highest BCUT2D eigenvalue weighted by Gasteiger charge is 2.92. The zero-order valence-corrected chi connectivity index (χ0v) is 23.0. The second kappa shape index (κ2) is 13.6. The zero-order valence-electron chi connectivity index (χ0n) is 23.0. The summed E-state index contributed by atoms with van der Waals surface area (Å²) in [6.45, 7) is 0. The maximum atomic E-state index is 13.7. The molecule has 0 aliphatic rings. The fourth-order valence-electron chi connectivity index (χ4n) is 2.78. The number of hydrogen-bond donors (Lipinski definition) is 1. The number of rotatable bonds is 15. The van der Waals surface area contributed by atoms with Gasteiger partial charge in [0.05, 0.1) is 0 Å². The summed E-state index contributed by atoms with van der Waals surface area (Å²) in [7, 11) is 0. The first-order chi connectivity index (χ1) is 23.1. The SMILES string of the molecule is O=C(O)C(F)(F)C(F)(F)C(F)(F)C(F)(F)C(F)(F)C(F)(F)/C(F)=C(F)\C(F)=C(/F)C(F)C(F)(F)/C(F)=C(/F)C(F)(F)C(F)(F)C(F)(F)C(F)(F)C(F)(F)F. The van der Waals surface area contributed by atoms with E-state index < -0.39 is 118 Å². The number of alkyl halides is 26. The first-order valence-corrected chi connectivity index (χ1v) is 11.3. The molecule has 0 aromatic heterocycles. The van der Waals surface area contributed by atoms with Crippen LogP contribution in [0.2, 0.25) is 0 Å². The molecule has 318 valence electrons. The van der Waals surface area contributed by atoms with E-state index in [1.807, 2.05) is 0 Å². The molecule has 0 amide bonds. The Labute approximate surface area is 270 Å². The molecule has 2 nitrogen and oxygen atoms in total. The summed E-state index contributed by atoms with van der Waals surface area (Å²) in [5.41, 5.74) is 0. The number of allylic oxidation sites excluding steroid dienone is 6. The lowest BCUT2D eigenvalue weighted by Gasteiger charge is -2.40. The summed E-state index contributed by atoms with van der Waals surface area (Å²) < 4.78 is 426. The van der Waals surface area contributed by atoms with Crippen LogP contribution in [0.5, 0.6) is 0 Å². The van der Waals surface area contributed by atoms with E-state index in [4.69, 9.17) is 5.11 Å². The highest BCUT2D eigenvalue weighted by molar-refractivity contribution is 5.77. The lowest BCUT2D eigenvalue weighted by Crippen LogP contribution is -2.71. The van der Waals surface area contributed by atoms with E-state index in [0.717, 1.165) is 0 Å². The van der Waals surface area contributed by atoms with Crippen molar-refractivity contribution in [1.82, 2.24) is 0 Å². The second-order valence-corrected chi connectivity index (χ2v) is 9.45. The van der Waals surface area contributed by atoms with Gasteiger partial charge in [-0.3, -0.25) is 0 Å². The Morgan fingerprint density at radius 1 is 0.370 bits per heavy atom. The predicted molar refractivity (Wildman–Crippen MR) is 101 cm³/mol. The average Bonchev–Trinajstić information content (AvgIpc) is 3.00. The third-order valence-corrected chi connectivity index (χ3v) is 5.95. The van der Waals surface area contributed by atoms with Crippen LogP contribution in [-0.2, 0) is 4.79 Å². The molecular formula is C20H2F32O2. The van der Waals surface area contributed by atoms with Crippen molar-refractivity contribution in [3.63, 3.8) is 0 Å². The van der Waals surface area contributed by atoms with Gasteiger partial charge in [0, 0.05) is 0 Å². The van der Waals surface area contributed by atoms with Gasteiger partial charge in [0.25, 0.3) is 0 Å². The largest absolute Gasteiger partial charge is 0.477 e. The Bertz CT molecular complexity index is 1540. The molecule has 0 fully saturated rings. The summed E-state index contributed by atoms with van der Waals surface area (Å²) >= 11 is 0. The van der Waals surface area contributed by atoms with E-state index in [1.54, 1.807) is 0 Å². The molecule has 1 unspecified atom stereocenters. The Morgan fingerprint density at radius 2 is 0.648 bits per heavy atom. The second-order valence-electron chi connectivity index (χ2n) is 9.45. The summed E-state index contributed by atoms with van der Waals surface area (Å²) in [5.74, 6) is -132. The van der Waals surface area contributed by atoms with Crippen molar-refractivity contribution in [3.05, 3.63) is 35.0 Å². The molecule has 54 heavy (non-hydrogen) atoms. The molecule has 0 aliphatic carbocycles. The van der Waals surface area contributed by atoms with Crippen molar-refractivity contribution in [2.75, 3.05) is 0 Å². The van der Waals surface area contributed by atoms with Crippen LogP contribution in [-0.4, -0.2) is 88.6 Å². The molecule has 0 aromatic rings. The predicted octanol–water partition coefficient (Wildman–Crippen LogP) is 11.4. The van der Waals surface area contributed by atoms with Gasteiger partial charge in [-0.05, 0) is 0 Å². The third-order valence-electron chi connectivity index (χ3n) is 5.95. The quantitative estimate of drug-likeness (QED) is 0.131. The van der Waals surface area contributed by atoms with Gasteiger partial charge in [-0.1, -0.05) is 0 Å². The summed E-state index contributed by atoms with van der Waals surface area (Å²) in [5, 5.41) is 7.73. The summed E-state index contributed by atoms with van der Waals surface area (Å²) in [6.07, 6.45) is -14.6. The van der Waals surface area contributed by atoms with Gasteiger partial charge in [0.2, 0.25) is 23.7 Å². The smallest absolute Gasteiger partial charge is 0.460 e. The molecule has 0 bridgehead atoms. The van der Waals surface area contributed by atoms with Crippen LogP contribution in [0.4, 0.5) is 140 Å². The Kier molecular flexibility index (Phi) is 12.7. The fraction of sp³-hybridized carbons (Fsp3) is 0.650. The van der Waals surface area contributed by atoms with Crippen molar-refractivity contribution < 1.29 is 150 Å². The number of carboxylic acids is 1. The maximum Gasteiger partial charge on any atom is 0.460 e. The van der Waals surface area contributed by atoms with Gasteiger partial charge >= 0.3 is 77.3 Å². The van der Waals surface area contributed by atoms with Crippen LogP contribution in [0.1, 0.15) is 0 Å². The molecule has 0 spiro atoms. The lowest BCUT2D eigenvalue weighted by molar-refractivity contribution is -0.419. The van der Waals surface area contributed by atoms with Crippen LogP contribution >= 0.6 is 0 Å². The number of aliphatic carboxylic acids is 1. The highest BCUT2D eigenvalue weighted by Crippen LogP contribution is 2.63. The van der Waals surface area contributed by atoms with Crippen LogP contribution in [0.3, 0.4) is 0 Å². The first-order valence-electron chi connectivity index (χ1n) is 11.3. The molecule has 0 heterocycles. The molecule has 0 aliphatic heterocycles. The maximum absolute atomic E-state index is 13.7. The number of halogens is 32. The molecule has 0 saturated heterocycles. The van der Waals surface area contributed by atoms with Crippen molar-refractivity contribution in [2.45, 2.75) is 77.5 Å². The van der Waals surface area contributed by atoms with E-state index in [9.17, 15) is 145 Å². The molecule has 1 atom stereocenters. The standard InChI is InChI=1S/C20H2F32O2/c21-1(3(23)5(25)10(30,31)13(36,37)16(42,43)17(44,45)15(40,41)12(34,35)8(53)54)2(22)4(24)9(28,29)6(26)7(27)11(32,33)14(38,39)18(46,47)19(48,49)20(50,51)52/h4H,(H,53,54)/b2-1+,5-3-,7-6-. The van der Waals surface area contributed by atoms with Gasteiger partial charge in [0.1, 0.15) is 0 Å². The minimum absolute atomic E-state index is 4.63. The molecular weight excluding hydrogens is 880 g/mol. The van der Waals surface area contributed by atoms with Crippen molar-refractivity contribution >= 4 is 5.97 Å². The van der Waals surface area contributed by atoms with Crippen LogP contribution in [0.15, 0.2) is 35.0 Å². The lowest BCUT2D eigenvalue weighted by atomic mass is 9.90. The van der Waals surface area contributed by atoms with Gasteiger partial charge < -0.3 is 5.11 Å². The molecule has 34 heteroatoms. The van der Waals surface area contributed by atoms with E-state index >= 15 is 0 Å². The Balaban J connectivity index is 7.43. The van der Waals surface area contributed by atoms with Crippen molar-refractivity contribution in [2.24, 2.45) is 0 Å². The molecule has 0 aromatic carbocycles. The topological polar surface area (TPSA) is 37.3 Å². The van der Waals surface area contributed by atoms with Gasteiger partial charge in [-0.2, -0.15) is 110 Å². The molecule has 1 N–H and O–H groups in total. The van der Waals surface area contributed by atoms with Gasteiger partial charge in [-0.25, -0.2) is 35.5 Å². The normalized spacial score (nSPS) is 17.9. The minimum atomic E-state index is -9.09. The van der Waals surface area contributed by atoms with Crippen LogP contribution in [0, 0.1) is 0 Å². The summed E-state index contributed by atoms with van der Waals surface area (Å²) in [6, 6.07) is 0. The van der Waals surface area contributed by atoms with Crippen molar-refractivity contribution in [1.29, 1.82) is 0 Å². The minimum Gasteiger partial charge on any atom is -0.477 e. The van der Waals surface area contributed by atoms with E-state index in [-0.39, 0.29) is 0 Å². The number of carbonyl (C=O) groups is 1. The molecule has 0 radical (unpaired) electrons. The van der Waals surface area contributed by atoms with Gasteiger partial charge in [-0.15, -0.1) is 0 Å². The first kappa shape index (κ1) is 50.5.